The summed E-state index contributed by atoms with van der Waals surface area (Å²) in [5.74, 6) is 0. The van der Waals surface area contributed by atoms with Crippen LogP contribution in [0.2, 0.25) is 19.6 Å². The molecule has 0 unspecified atom stereocenters. The second-order valence-corrected chi connectivity index (χ2v) is 17.9. The fraction of sp³-hybridized carbons (Fsp3) is 0.429. The molecule has 26 heavy (non-hydrogen) atoms. The summed E-state index contributed by atoms with van der Waals surface area (Å²) in [6, 6.07) is 17.6. The lowest BCUT2D eigenvalue weighted by molar-refractivity contribution is 0.578. The normalized spacial score (nSPS) is 25.1. The Morgan fingerprint density at radius 3 is 1.96 bits per heavy atom. The van der Waals surface area contributed by atoms with Crippen molar-refractivity contribution in [2.45, 2.75) is 59.8 Å². The standard InChI is InChI=1S/C21H28O2S2Si/c1-16-12-14-18(15-13-16)25(22,23)19-20(2,3)21(19,26(4,5)6)24-17-10-8-7-9-11-17/h7-15,19H,1-6H3/t19-,21+/m0/s1. The van der Waals surface area contributed by atoms with E-state index in [1.165, 1.54) is 0 Å². The number of benzene rings is 2. The molecule has 0 N–H and O–H groups in total. The summed E-state index contributed by atoms with van der Waals surface area (Å²) in [5, 5.41) is -0.359. The van der Waals surface area contributed by atoms with Crippen molar-refractivity contribution in [3.05, 3.63) is 60.2 Å². The van der Waals surface area contributed by atoms with Gasteiger partial charge in [0.15, 0.2) is 9.84 Å². The Labute approximate surface area is 163 Å². The van der Waals surface area contributed by atoms with Crippen molar-refractivity contribution in [1.82, 2.24) is 0 Å². The van der Waals surface area contributed by atoms with Gasteiger partial charge in [0.2, 0.25) is 0 Å². The highest BCUT2D eigenvalue weighted by molar-refractivity contribution is 8.05. The third-order valence-corrected chi connectivity index (χ3v) is 15.4. The molecule has 0 bridgehead atoms. The van der Waals surface area contributed by atoms with Gasteiger partial charge in [0.1, 0.15) is 0 Å². The van der Waals surface area contributed by atoms with Crippen molar-refractivity contribution < 1.29 is 8.42 Å². The number of hydrogen-bond acceptors (Lipinski definition) is 3. The number of thioether (sulfide) groups is 1. The Balaban J connectivity index is 2.10. The Bertz CT molecular complexity index is 897. The highest BCUT2D eigenvalue weighted by Gasteiger charge is 2.81. The smallest absolute Gasteiger partial charge is 0.182 e. The molecule has 0 aliphatic heterocycles. The summed E-state index contributed by atoms with van der Waals surface area (Å²) < 4.78 is 26.9. The average molecular weight is 405 g/mol. The molecule has 0 radical (unpaired) electrons. The number of rotatable bonds is 5. The predicted octanol–water partition coefficient (Wildman–Crippen LogP) is 5.59. The van der Waals surface area contributed by atoms with Gasteiger partial charge in [-0.25, -0.2) is 8.42 Å². The molecular formula is C21H28O2S2Si. The molecule has 2 atom stereocenters. The maximum Gasteiger partial charge on any atom is 0.182 e. The first-order valence-corrected chi connectivity index (χ1v) is 14.9. The highest BCUT2D eigenvalue weighted by Crippen LogP contribution is 2.72. The first-order valence-electron chi connectivity index (χ1n) is 8.99. The third kappa shape index (κ3) is 2.88. The molecule has 2 nitrogen and oxygen atoms in total. The van der Waals surface area contributed by atoms with E-state index in [0.29, 0.717) is 4.90 Å². The molecule has 0 heterocycles. The highest BCUT2D eigenvalue weighted by atomic mass is 32.2. The van der Waals surface area contributed by atoms with Gasteiger partial charge in [-0.05, 0) is 36.6 Å². The Hall–Kier alpha value is -1.04. The number of hydrogen-bond donors (Lipinski definition) is 0. The molecule has 1 aliphatic rings. The first kappa shape index (κ1) is 19.7. The van der Waals surface area contributed by atoms with Crippen LogP contribution in [0.1, 0.15) is 19.4 Å². The van der Waals surface area contributed by atoms with E-state index < -0.39 is 17.9 Å². The van der Waals surface area contributed by atoms with E-state index in [1.807, 2.05) is 37.3 Å². The largest absolute Gasteiger partial charge is 0.223 e. The molecule has 1 saturated carbocycles. The van der Waals surface area contributed by atoms with Crippen LogP contribution < -0.4 is 0 Å². The lowest BCUT2D eigenvalue weighted by Crippen LogP contribution is -2.44. The van der Waals surface area contributed by atoms with Crippen molar-refractivity contribution in [1.29, 1.82) is 0 Å². The van der Waals surface area contributed by atoms with Crippen molar-refractivity contribution in [2.24, 2.45) is 5.41 Å². The minimum absolute atomic E-state index is 0.245. The van der Waals surface area contributed by atoms with Crippen molar-refractivity contribution in [3.8, 4) is 0 Å². The van der Waals surface area contributed by atoms with E-state index in [9.17, 15) is 8.42 Å². The summed E-state index contributed by atoms with van der Waals surface area (Å²) in [4.78, 5) is 1.61. The average Bonchev–Trinajstić information content (AvgIpc) is 3.06. The molecule has 1 aliphatic carbocycles. The van der Waals surface area contributed by atoms with Gasteiger partial charge in [-0.1, -0.05) is 69.4 Å². The van der Waals surface area contributed by atoms with Crippen LogP contribution in [0.4, 0.5) is 0 Å². The topological polar surface area (TPSA) is 34.1 Å². The van der Waals surface area contributed by atoms with Crippen LogP contribution >= 0.6 is 11.8 Å². The van der Waals surface area contributed by atoms with Crippen LogP contribution in [-0.2, 0) is 9.84 Å². The van der Waals surface area contributed by atoms with Crippen LogP contribution in [0.15, 0.2) is 64.4 Å². The molecule has 0 amide bonds. The second kappa shape index (κ2) is 6.25. The molecule has 0 spiro atoms. The second-order valence-electron chi connectivity index (χ2n) is 8.86. The van der Waals surface area contributed by atoms with Gasteiger partial charge in [0, 0.05) is 9.27 Å². The minimum Gasteiger partial charge on any atom is -0.223 e. The fourth-order valence-electron chi connectivity index (χ4n) is 4.52. The summed E-state index contributed by atoms with van der Waals surface area (Å²) in [6.45, 7) is 13.2. The van der Waals surface area contributed by atoms with E-state index in [2.05, 4.69) is 45.6 Å². The monoisotopic (exact) mass is 404 g/mol. The van der Waals surface area contributed by atoms with Gasteiger partial charge < -0.3 is 0 Å². The number of aryl methyl sites for hydroxylation is 1. The van der Waals surface area contributed by atoms with Gasteiger partial charge in [-0.2, -0.15) is 0 Å². The maximum absolute atomic E-state index is 13.6. The summed E-state index contributed by atoms with van der Waals surface area (Å²) in [5.41, 5.74) is 0.816. The zero-order valence-corrected chi connectivity index (χ0v) is 19.0. The van der Waals surface area contributed by atoms with Gasteiger partial charge >= 0.3 is 0 Å². The molecule has 3 rings (SSSR count). The molecule has 1 fully saturated rings. The lowest BCUT2D eigenvalue weighted by atomic mass is 10.2. The van der Waals surface area contributed by atoms with Crippen LogP contribution in [-0.4, -0.2) is 26.1 Å². The summed E-state index contributed by atoms with van der Waals surface area (Å²) in [6.07, 6.45) is 0. The third-order valence-electron chi connectivity index (χ3n) is 5.69. The van der Waals surface area contributed by atoms with Crippen LogP contribution in [0, 0.1) is 12.3 Å². The van der Waals surface area contributed by atoms with Crippen LogP contribution in [0.25, 0.3) is 0 Å². The van der Waals surface area contributed by atoms with E-state index in [4.69, 9.17) is 0 Å². The molecule has 2 aromatic carbocycles. The maximum atomic E-state index is 13.6. The zero-order valence-electron chi connectivity index (χ0n) is 16.4. The minimum atomic E-state index is -3.39. The Morgan fingerprint density at radius 2 is 1.46 bits per heavy atom. The molecule has 0 aromatic heterocycles. The van der Waals surface area contributed by atoms with Crippen molar-refractivity contribution in [2.75, 3.05) is 0 Å². The Kier molecular flexibility index (Phi) is 4.74. The molecule has 2 aromatic rings. The van der Waals surface area contributed by atoms with E-state index in [1.54, 1.807) is 23.9 Å². The van der Waals surface area contributed by atoms with Crippen LogP contribution in [0.5, 0.6) is 0 Å². The zero-order chi connectivity index (χ0) is 19.4. The van der Waals surface area contributed by atoms with Gasteiger partial charge in [0.05, 0.1) is 18.2 Å². The van der Waals surface area contributed by atoms with Crippen LogP contribution in [0.3, 0.4) is 0 Å². The van der Waals surface area contributed by atoms with E-state index in [0.717, 1.165) is 10.5 Å². The first-order chi connectivity index (χ1) is 11.9. The van der Waals surface area contributed by atoms with Crippen molar-refractivity contribution in [3.63, 3.8) is 0 Å². The number of sulfone groups is 1. The van der Waals surface area contributed by atoms with Crippen molar-refractivity contribution >= 4 is 29.7 Å². The van der Waals surface area contributed by atoms with Gasteiger partial charge in [-0.3, -0.25) is 0 Å². The molecular weight excluding hydrogens is 376 g/mol. The molecule has 5 heteroatoms. The van der Waals surface area contributed by atoms with E-state index in [-0.39, 0.29) is 15.0 Å². The predicted molar refractivity (Wildman–Crippen MR) is 114 cm³/mol. The SMILES string of the molecule is Cc1ccc(S(=O)(=O)[C@H]2C(C)(C)[C@]2(Sc2ccccc2)[Si](C)(C)C)cc1. The quantitative estimate of drug-likeness (QED) is 0.610. The van der Waals surface area contributed by atoms with Gasteiger partial charge in [0.25, 0.3) is 0 Å². The fourth-order valence-corrected chi connectivity index (χ4v) is 15.3. The molecule has 0 saturated heterocycles. The Morgan fingerprint density at radius 1 is 0.923 bits per heavy atom. The molecule has 140 valence electrons. The summed E-state index contributed by atoms with van der Waals surface area (Å²) in [7, 11) is -5.21. The lowest BCUT2D eigenvalue weighted by Gasteiger charge is -2.32. The summed E-state index contributed by atoms with van der Waals surface area (Å²) >= 11 is 1.79. The van der Waals surface area contributed by atoms with Gasteiger partial charge in [-0.15, -0.1) is 11.8 Å². The van der Waals surface area contributed by atoms with E-state index >= 15 is 0 Å².